The minimum absolute atomic E-state index is 0.340. The van der Waals surface area contributed by atoms with Gasteiger partial charge in [-0.1, -0.05) is 12.2 Å². The van der Waals surface area contributed by atoms with Crippen LogP contribution < -0.4 is 0 Å². The molecule has 3 heteroatoms. The summed E-state index contributed by atoms with van der Waals surface area (Å²) < 4.78 is 15.4. The summed E-state index contributed by atoms with van der Waals surface area (Å²) in [4.78, 5) is 0. The molecule has 0 unspecified atom stereocenters. The van der Waals surface area contributed by atoms with Crippen LogP contribution in [0.4, 0.5) is 0 Å². The van der Waals surface area contributed by atoms with Crippen molar-refractivity contribution in [2.24, 2.45) is 0 Å². The van der Waals surface area contributed by atoms with Gasteiger partial charge in [-0.3, -0.25) is 0 Å². The SMILES string of the molecule is COCCOCOC1CC=CC1. The Hall–Kier alpha value is -0.380. The average Bonchev–Trinajstić information content (AvgIpc) is 2.57. The molecule has 0 aromatic heterocycles. The molecule has 1 aliphatic rings. The summed E-state index contributed by atoms with van der Waals surface area (Å²) in [5.41, 5.74) is 0. The third-order valence-corrected chi connectivity index (χ3v) is 1.78. The van der Waals surface area contributed by atoms with Crippen LogP contribution >= 0.6 is 0 Å². The van der Waals surface area contributed by atoms with Crippen LogP contribution in [-0.4, -0.2) is 33.2 Å². The Morgan fingerprint density at radius 2 is 2.00 bits per heavy atom. The van der Waals surface area contributed by atoms with E-state index < -0.39 is 0 Å². The summed E-state index contributed by atoms with van der Waals surface area (Å²) in [6.07, 6.45) is 6.66. The van der Waals surface area contributed by atoms with Gasteiger partial charge in [0.15, 0.2) is 0 Å². The van der Waals surface area contributed by atoms with Gasteiger partial charge < -0.3 is 14.2 Å². The predicted octanol–water partition coefficient (Wildman–Crippen LogP) is 1.34. The molecule has 0 aromatic carbocycles. The summed E-state index contributed by atoms with van der Waals surface area (Å²) in [6, 6.07) is 0. The lowest BCUT2D eigenvalue weighted by molar-refractivity contribution is -0.0936. The zero-order valence-corrected chi connectivity index (χ0v) is 7.49. The van der Waals surface area contributed by atoms with E-state index in [1.54, 1.807) is 7.11 Å². The van der Waals surface area contributed by atoms with E-state index in [0.717, 1.165) is 12.8 Å². The molecule has 0 fully saturated rings. The zero-order chi connectivity index (χ0) is 8.65. The molecule has 0 saturated carbocycles. The van der Waals surface area contributed by atoms with E-state index in [9.17, 15) is 0 Å². The molecular weight excluding hydrogens is 156 g/mol. The van der Waals surface area contributed by atoms with Crippen LogP contribution in [0.2, 0.25) is 0 Å². The molecule has 1 aliphatic carbocycles. The van der Waals surface area contributed by atoms with Crippen LogP contribution in [0, 0.1) is 0 Å². The molecule has 12 heavy (non-hydrogen) atoms. The van der Waals surface area contributed by atoms with E-state index in [1.807, 2.05) is 0 Å². The molecule has 0 aromatic rings. The minimum Gasteiger partial charge on any atom is -0.382 e. The Bertz CT molecular complexity index is 126. The van der Waals surface area contributed by atoms with Crippen molar-refractivity contribution in [3.05, 3.63) is 12.2 Å². The van der Waals surface area contributed by atoms with Crippen LogP contribution in [0.5, 0.6) is 0 Å². The lowest BCUT2D eigenvalue weighted by Gasteiger charge is -2.10. The molecule has 0 spiro atoms. The minimum atomic E-state index is 0.340. The molecule has 0 bridgehead atoms. The molecule has 0 saturated heterocycles. The monoisotopic (exact) mass is 172 g/mol. The lowest BCUT2D eigenvalue weighted by Crippen LogP contribution is -2.13. The third kappa shape index (κ3) is 3.85. The van der Waals surface area contributed by atoms with Crippen LogP contribution in [0.15, 0.2) is 12.2 Å². The van der Waals surface area contributed by atoms with Gasteiger partial charge >= 0.3 is 0 Å². The first kappa shape index (κ1) is 9.71. The predicted molar refractivity (Wildman–Crippen MR) is 45.9 cm³/mol. The van der Waals surface area contributed by atoms with Crippen LogP contribution in [0.25, 0.3) is 0 Å². The van der Waals surface area contributed by atoms with Crippen LogP contribution in [0.1, 0.15) is 12.8 Å². The van der Waals surface area contributed by atoms with Crippen LogP contribution in [-0.2, 0) is 14.2 Å². The van der Waals surface area contributed by atoms with Crippen molar-refractivity contribution < 1.29 is 14.2 Å². The molecule has 3 nitrogen and oxygen atoms in total. The topological polar surface area (TPSA) is 27.7 Å². The Kier molecular flexibility index (Phi) is 4.99. The maximum atomic E-state index is 5.41. The summed E-state index contributed by atoms with van der Waals surface area (Å²) in [6.45, 7) is 1.62. The molecule has 0 aliphatic heterocycles. The first-order chi connectivity index (χ1) is 5.93. The fourth-order valence-corrected chi connectivity index (χ4v) is 1.07. The van der Waals surface area contributed by atoms with E-state index >= 15 is 0 Å². The molecule has 0 N–H and O–H groups in total. The number of hydrogen-bond acceptors (Lipinski definition) is 3. The fourth-order valence-electron chi connectivity index (χ4n) is 1.07. The highest BCUT2D eigenvalue weighted by atomic mass is 16.7. The second-order valence-electron chi connectivity index (χ2n) is 2.75. The summed E-state index contributed by atoms with van der Waals surface area (Å²) in [5.74, 6) is 0. The van der Waals surface area contributed by atoms with Crippen LogP contribution in [0.3, 0.4) is 0 Å². The molecule has 0 amide bonds. The van der Waals surface area contributed by atoms with E-state index in [0.29, 0.717) is 26.1 Å². The van der Waals surface area contributed by atoms with Gasteiger partial charge in [0, 0.05) is 7.11 Å². The average molecular weight is 172 g/mol. The maximum Gasteiger partial charge on any atom is 0.147 e. The van der Waals surface area contributed by atoms with Crippen molar-refractivity contribution in [2.45, 2.75) is 18.9 Å². The fraction of sp³-hybridized carbons (Fsp3) is 0.778. The van der Waals surface area contributed by atoms with Crippen molar-refractivity contribution in [2.75, 3.05) is 27.1 Å². The zero-order valence-electron chi connectivity index (χ0n) is 7.49. The van der Waals surface area contributed by atoms with E-state index in [2.05, 4.69) is 12.2 Å². The molecule has 0 heterocycles. The van der Waals surface area contributed by atoms with Crippen molar-refractivity contribution in [3.63, 3.8) is 0 Å². The van der Waals surface area contributed by atoms with Gasteiger partial charge in [-0.15, -0.1) is 0 Å². The largest absolute Gasteiger partial charge is 0.382 e. The van der Waals surface area contributed by atoms with Gasteiger partial charge in [0.1, 0.15) is 6.79 Å². The maximum absolute atomic E-state index is 5.41. The highest BCUT2D eigenvalue weighted by Gasteiger charge is 2.09. The van der Waals surface area contributed by atoms with E-state index in [-0.39, 0.29) is 0 Å². The second-order valence-corrected chi connectivity index (χ2v) is 2.75. The third-order valence-electron chi connectivity index (χ3n) is 1.78. The smallest absolute Gasteiger partial charge is 0.147 e. The molecular formula is C9H16O3. The number of ether oxygens (including phenoxy) is 3. The van der Waals surface area contributed by atoms with Crippen molar-refractivity contribution >= 4 is 0 Å². The molecule has 70 valence electrons. The van der Waals surface area contributed by atoms with Crippen molar-refractivity contribution in [1.29, 1.82) is 0 Å². The quantitative estimate of drug-likeness (QED) is 0.344. The van der Waals surface area contributed by atoms with Gasteiger partial charge in [-0.25, -0.2) is 0 Å². The number of rotatable bonds is 6. The van der Waals surface area contributed by atoms with E-state index in [4.69, 9.17) is 14.2 Å². The van der Waals surface area contributed by atoms with E-state index in [1.165, 1.54) is 0 Å². The van der Waals surface area contributed by atoms with Gasteiger partial charge in [-0.05, 0) is 12.8 Å². The van der Waals surface area contributed by atoms with Crippen molar-refractivity contribution in [1.82, 2.24) is 0 Å². The first-order valence-electron chi connectivity index (χ1n) is 4.26. The highest BCUT2D eigenvalue weighted by molar-refractivity contribution is 4.94. The van der Waals surface area contributed by atoms with Gasteiger partial charge in [0.25, 0.3) is 0 Å². The Labute approximate surface area is 73.3 Å². The normalized spacial score (nSPS) is 17.4. The second kappa shape index (κ2) is 6.17. The number of methoxy groups -OCH3 is 1. The molecule has 0 radical (unpaired) electrons. The Morgan fingerprint density at radius 3 is 2.67 bits per heavy atom. The molecule has 1 rings (SSSR count). The van der Waals surface area contributed by atoms with Gasteiger partial charge in [-0.2, -0.15) is 0 Å². The van der Waals surface area contributed by atoms with Gasteiger partial charge in [0.2, 0.25) is 0 Å². The highest BCUT2D eigenvalue weighted by Crippen LogP contribution is 2.12. The Morgan fingerprint density at radius 1 is 1.25 bits per heavy atom. The Balaban J connectivity index is 1.82. The lowest BCUT2D eigenvalue weighted by atomic mass is 10.3. The van der Waals surface area contributed by atoms with Gasteiger partial charge in [0.05, 0.1) is 19.3 Å². The molecule has 0 atom stereocenters. The standard InChI is InChI=1S/C9H16O3/c1-10-6-7-11-8-12-9-4-2-3-5-9/h2-3,9H,4-8H2,1H3. The summed E-state index contributed by atoms with van der Waals surface area (Å²) in [7, 11) is 1.66. The number of hydrogen-bond donors (Lipinski definition) is 0. The summed E-state index contributed by atoms with van der Waals surface area (Å²) >= 11 is 0. The first-order valence-corrected chi connectivity index (χ1v) is 4.26. The van der Waals surface area contributed by atoms with Crippen molar-refractivity contribution in [3.8, 4) is 0 Å². The summed E-state index contributed by atoms with van der Waals surface area (Å²) in [5, 5.41) is 0.